The maximum atomic E-state index is 5.52. The first-order chi connectivity index (χ1) is 6.34. The van der Waals surface area contributed by atoms with Crippen molar-refractivity contribution in [2.75, 3.05) is 13.2 Å². The van der Waals surface area contributed by atoms with Gasteiger partial charge in [-0.05, 0) is 38.4 Å². The average Bonchev–Trinajstić information content (AvgIpc) is 2.15. The lowest BCUT2D eigenvalue weighted by Crippen LogP contribution is -2.04. The van der Waals surface area contributed by atoms with E-state index in [1.165, 1.54) is 0 Å². The summed E-state index contributed by atoms with van der Waals surface area (Å²) in [6.45, 7) is 3.40. The van der Waals surface area contributed by atoms with E-state index in [-0.39, 0.29) is 0 Å². The summed E-state index contributed by atoms with van der Waals surface area (Å²) < 4.78 is 5.52. The summed E-state index contributed by atoms with van der Waals surface area (Å²) in [6, 6.07) is 3.82. The van der Waals surface area contributed by atoms with Gasteiger partial charge in [-0.15, -0.1) is 0 Å². The Labute approximate surface area is 78.9 Å². The van der Waals surface area contributed by atoms with Gasteiger partial charge in [0.2, 0.25) is 0 Å². The molecule has 0 aliphatic carbocycles. The topological polar surface area (TPSA) is 48.1 Å². The summed E-state index contributed by atoms with van der Waals surface area (Å²) in [7, 11) is 0. The van der Waals surface area contributed by atoms with E-state index in [1.54, 1.807) is 6.20 Å². The van der Waals surface area contributed by atoms with Gasteiger partial charge in [-0.2, -0.15) is 0 Å². The molecule has 1 rings (SSSR count). The number of ether oxygens (including phenoxy) is 1. The summed E-state index contributed by atoms with van der Waals surface area (Å²) in [4.78, 5) is 4.13. The van der Waals surface area contributed by atoms with E-state index in [9.17, 15) is 0 Å². The number of nitrogens with zero attached hydrogens (tertiary/aromatic N) is 1. The molecule has 13 heavy (non-hydrogen) atoms. The summed E-state index contributed by atoms with van der Waals surface area (Å²) in [5, 5.41) is 0. The third-order valence-corrected chi connectivity index (χ3v) is 1.81. The number of nitrogens with two attached hydrogens (primary N) is 1. The second-order valence-corrected chi connectivity index (χ2v) is 2.93. The van der Waals surface area contributed by atoms with Gasteiger partial charge in [-0.25, -0.2) is 0 Å². The normalized spacial score (nSPS) is 10.0. The lowest BCUT2D eigenvalue weighted by Gasteiger charge is -2.06. The van der Waals surface area contributed by atoms with Crippen molar-refractivity contribution in [1.82, 2.24) is 4.98 Å². The molecule has 1 aromatic rings. The van der Waals surface area contributed by atoms with Crippen molar-refractivity contribution in [2.24, 2.45) is 5.73 Å². The van der Waals surface area contributed by atoms with Crippen LogP contribution < -0.4 is 10.5 Å². The molecule has 0 amide bonds. The van der Waals surface area contributed by atoms with Crippen LogP contribution in [0.25, 0.3) is 0 Å². The third-order valence-electron chi connectivity index (χ3n) is 1.81. The largest absolute Gasteiger partial charge is 0.492 e. The first kappa shape index (κ1) is 9.99. The molecule has 0 bridgehead atoms. The minimum Gasteiger partial charge on any atom is -0.492 e. The zero-order valence-electron chi connectivity index (χ0n) is 7.99. The molecule has 3 nitrogen and oxygen atoms in total. The summed E-state index contributed by atoms with van der Waals surface area (Å²) in [5.74, 6) is 0.875. The van der Waals surface area contributed by atoms with Crippen LogP contribution in [0.1, 0.15) is 18.5 Å². The molecule has 1 aromatic heterocycles. The summed E-state index contributed by atoms with van der Waals surface area (Å²) >= 11 is 0. The van der Waals surface area contributed by atoms with E-state index in [2.05, 4.69) is 4.98 Å². The van der Waals surface area contributed by atoms with E-state index >= 15 is 0 Å². The monoisotopic (exact) mass is 180 g/mol. The fourth-order valence-electron chi connectivity index (χ4n) is 1.05. The first-order valence-corrected chi connectivity index (χ1v) is 4.59. The molecule has 0 aromatic carbocycles. The smallest absolute Gasteiger partial charge is 0.140 e. The second-order valence-electron chi connectivity index (χ2n) is 2.93. The molecular weight excluding hydrogens is 164 g/mol. The van der Waals surface area contributed by atoms with Gasteiger partial charge in [0.15, 0.2) is 0 Å². The van der Waals surface area contributed by atoms with Crippen LogP contribution in [0.3, 0.4) is 0 Å². The van der Waals surface area contributed by atoms with Crippen molar-refractivity contribution in [3.05, 3.63) is 24.0 Å². The minimum atomic E-state index is 0.726. The molecule has 72 valence electrons. The number of pyridine rings is 1. The molecule has 1 heterocycles. The van der Waals surface area contributed by atoms with E-state index in [4.69, 9.17) is 10.5 Å². The third kappa shape index (κ3) is 3.42. The van der Waals surface area contributed by atoms with Gasteiger partial charge >= 0.3 is 0 Å². The van der Waals surface area contributed by atoms with Crippen molar-refractivity contribution in [2.45, 2.75) is 19.8 Å². The standard InChI is InChI=1S/C10H16N2O/c1-9-10(5-4-7-12-9)13-8-3-2-6-11/h4-5,7H,2-3,6,8,11H2,1H3. The fourth-order valence-corrected chi connectivity index (χ4v) is 1.05. The Kier molecular flexibility index (Phi) is 4.26. The summed E-state index contributed by atoms with van der Waals surface area (Å²) in [6.07, 6.45) is 3.78. The molecule has 0 aliphatic rings. The van der Waals surface area contributed by atoms with Gasteiger partial charge in [-0.3, -0.25) is 4.98 Å². The molecule has 0 atom stereocenters. The Balaban J connectivity index is 2.32. The number of rotatable bonds is 5. The molecule has 0 saturated heterocycles. The summed E-state index contributed by atoms with van der Waals surface area (Å²) in [5.41, 5.74) is 6.31. The zero-order valence-corrected chi connectivity index (χ0v) is 7.99. The lowest BCUT2D eigenvalue weighted by atomic mass is 10.3. The van der Waals surface area contributed by atoms with Crippen molar-refractivity contribution < 1.29 is 4.74 Å². The average molecular weight is 180 g/mol. The van der Waals surface area contributed by atoms with Crippen LogP contribution in [0.4, 0.5) is 0 Å². The maximum absolute atomic E-state index is 5.52. The molecule has 3 heteroatoms. The minimum absolute atomic E-state index is 0.726. The van der Waals surface area contributed by atoms with Crippen LogP contribution in [0.2, 0.25) is 0 Å². The highest BCUT2D eigenvalue weighted by Crippen LogP contribution is 2.13. The molecule has 0 radical (unpaired) electrons. The van der Waals surface area contributed by atoms with E-state index < -0.39 is 0 Å². The van der Waals surface area contributed by atoms with E-state index in [0.717, 1.165) is 37.4 Å². The van der Waals surface area contributed by atoms with Crippen LogP contribution in [-0.2, 0) is 0 Å². The van der Waals surface area contributed by atoms with Crippen molar-refractivity contribution >= 4 is 0 Å². The zero-order chi connectivity index (χ0) is 9.52. The van der Waals surface area contributed by atoms with Crippen molar-refractivity contribution in [3.63, 3.8) is 0 Å². The predicted molar refractivity (Wildman–Crippen MR) is 52.8 cm³/mol. The SMILES string of the molecule is Cc1ncccc1OCCCCN. The van der Waals surface area contributed by atoms with Crippen molar-refractivity contribution in [1.29, 1.82) is 0 Å². The van der Waals surface area contributed by atoms with Crippen LogP contribution in [-0.4, -0.2) is 18.1 Å². The molecule has 0 spiro atoms. The maximum Gasteiger partial charge on any atom is 0.140 e. The Morgan fingerprint density at radius 1 is 1.46 bits per heavy atom. The molecule has 2 N–H and O–H groups in total. The Hall–Kier alpha value is -1.09. The first-order valence-electron chi connectivity index (χ1n) is 4.59. The molecular formula is C10H16N2O. The number of hydrogen-bond donors (Lipinski definition) is 1. The predicted octanol–water partition coefficient (Wildman–Crippen LogP) is 1.51. The van der Waals surface area contributed by atoms with Gasteiger partial charge in [0.25, 0.3) is 0 Å². The highest BCUT2D eigenvalue weighted by Gasteiger charge is 1.97. The quantitative estimate of drug-likeness (QED) is 0.699. The van der Waals surface area contributed by atoms with Gasteiger partial charge in [0.05, 0.1) is 12.3 Å². The van der Waals surface area contributed by atoms with Gasteiger partial charge in [-0.1, -0.05) is 0 Å². The fraction of sp³-hybridized carbons (Fsp3) is 0.500. The van der Waals surface area contributed by atoms with E-state index in [0.29, 0.717) is 0 Å². The highest BCUT2D eigenvalue weighted by atomic mass is 16.5. The van der Waals surface area contributed by atoms with Crippen LogP contribution >= 0.6 is 0 Å². The lowest BCUT2D eigenvalue weighted by molar-refractivity contribution is 0.304. The van der Waals surface area contributed by atoms with Gasteiger partial charge in [0, 0.05) is 6.20 Å². The Morgan fingerprint density at radius 3 is 3.00 bits per heavy atom. The number of hydrogen-bond acceptors (Lipinski definition) is 3. The van der Waals surface area contributed by atoms with Gasteiger partial charge < -0.3 is 10.5 Å². The van der Waals surface area contributed by atoms with E-state index in [1.807, 2.05) is 19.1 Å². The second kappa shape index (κ2) is 5.54. The highest BCUT2D eigenvalue weighted by molar-refractivity contribution is 5.25. The van der Waals surface area contributed by atoms with Crippen LogP contribution in [0.15, 0.2) is 18.3 Å². The van der Waals surface area contributed by atoms with Crippen LogP contribution in [0.5, 0.6) is 5.75 Å². The number of aryl methyl sites for hydroxylation is 1. The van der Waals surface area contributed by atoms with Crippen LogP contribution in [0, 0.1) is 6.92 Å². The Bertz CT molecular complexity index is 250. The Morgan fingerprint density at radius 2 is 2.31 bits per heavy atom. The number of aromatic nitrogens is 1. The molecule has 0 saturated carbocycles. The molecule has 0 aliphatic heterocycles. The molecule has 0 fully saturated rings. The van der Waals surface area contributed by atoms with Gasteiger partial charge in [0.1, 0.15) is 5.75 Å². The van der Waals surface area contributed by atoms with Crippen molar-refractivity contribution in [3.8, 4) is 5.75 Å². The number of unbranched alkanes of at least 4 members (excludes halogenated alkanes) is 1. The molecule has 0 unspecified atom stereocenters.